The van der Waals surface area contributed by atoms with Gasteiger partial charge in [-0.15, -0.1) is 0 Å². The van der Waals surface area contributed by atoms with Crippen molar-refractivity contribution in [2.45, 2.75) is 38.0 Å². The molecule has 2 atom stereocenters. The van der Waals surface area contributed by atoms with Gasteiger partial charge in [-0.1, -0.05) is 12.1 Å². The summed E-state index contributed by atoms with van der Waals surface area (Å²) in [7, 11) is 1.96. The number of hydrogen-bond donors (Lipinski definition) is 2. The quantitative estimate of drug-likeness (QED) is 0.832. The summed E-state index contributed by atoms with van der Waals surface area (Å²) < 4.78 is 13.5. The summed E-state index contributed by atoms with van der Waals surface area (Å²) >= 11 is 0. The van der Waals surface area contributed by atoms with Crippen LogP contribution in [-0.4, -0.2) is 58.3 Å². The Balaban J connectivity index is 1.84. The average molecular weight is 375 g/mol. The highest BCUT2D eigenvalue weighted by molar-refractivity contribution is 5.58. The summed E-state index contributed by atoms with van der Waals surface area (Å²) in [5.41, 5.74) is 2.04. The van der Waals surface area contributed by atoms with E-state index in [0.717, 1.165) is 30.0 Å². The van der Waals surface area contributed by atoms with Crippen molar-refractivity contribution in [3.63, 3.8) is 0 Å². The second kappa shape index (κ2) is 9.73. The molecule has 0 aliphatic carbocycles. The van der Waals surface area contributed by atoms with Crippen molar-refractivity contribution >= 4 is 5.69 Å². The fourth-order valence-electron chi connectivity index (χ4n) is 3.14. The maximum absolute atomic E-state index is 10.3. The highest BCUT2D eigenvalue weighted by atomic mass is 16.5. The van der Waals surface area contributed by atoms with Gasteiger partial charge in [0.2, 0.25) is 0 Å². The van der Waals surface area contributed by atoms with Crippen LogP contribution in [0.2, 0.25) is 0 Å². The third-order valence-electron chi connectivity index (χ3n) is 4.84. The molecule has 1 aromatic heterocycles. The summed E-state index contributed by atoms with van der Waals surface area (Å²) in [5.74, 6) is 0.827. The van der Waals surface area contributed by atoms with Crippen LogP contribution in [0.5, 0.6) is 5.75 Å². The molecule has 1 aliphatic heterocycles. The second-order valence-corrected chi connectivity index (χ2v) is 6.94. The van der Waals surface area contributed by atoms with E-state index < -0.39 is 12.2 Å². The van der Waals surface area contributed by atoms with Gasteiger partial charge in [0.25, 0.3) is 0 Å². The maximum Gasteiger partial charge on any atom is 0.142 e. The number of para-hydroxylation sites is 2. The van der Waals surface area contributed by atoms with Crippen LogP contribution in [-0.2, 0) is 18.3 Å². The van der Waals surface area contributed by atoms with Gasteiger partial charge in [-0.2, -0.15) is 0 Å². The van der Waals surface area contributed by atoms with Gasteiger partial charge in [-0.25, -0.2) is 4.98 Å². The van der Waals surface area contributed by atoms with Crippen LogP contribution in [0, 0.1) is 0 Å². The van der Waals surface area contributed by atoms with Gasteiger partial charge >= 0.3 is 0 Å². The Morgan fingerprint density at radius 2 is 1.96 bits per heavy atom. The van der Waals surface area contributed by atoms with Gasteiger partial charge in [0, 0.05) is 26.4 Å². The number of imidazole rings is 1. The normalized spacial score (nSPS) is 22.6. The van der Waals surface area contributed by atoms with E-state index in [1.54, 1.807) is 6.33 Å². The molecule has 0 unspecified atom stereocenters. The molecule has 0 saturated carbocycles. The van der Waals surface area contributed by atoms with E-state index in [-0.39, 0.29) is 6.61 Å². The molecule has 0 radical (unpaired) electrons. The summed E-state index contributed by atoms with van der Waals surface area (Å²) in [4.78, 5) is 6.36. The molecular formula is C20H29N3O4. The van der Waals surface area contributed by atoms with Crippen LogP contribution in [0.3, 0.4) is 0 Å². The number of aromatic nitrogens is 2. The van der Waals surface area contributed by atoms with E-state index in [1.807, 2.05) is 42.1 Å². The first kappa shape index (κ1) is 19.7. The predicted octanol–water partition coefficient (Wildman–Crippen LogP) is 1.73. The monoisotopic (exact) mass is 375 g/mol. The van der Waals surface area contributed by atoms with Crippen LogP contribution in [0.1, 0.15) is 25.0 Å². The molecular weight excluding hydrogens is 346 g/mol. The van der Waals surface area contributed by atoms with Crippen molar-refractivity contribution in [3.05, 3.63) is 42.5 Å². The Labute approximate surface area is 160 Å². The molecule has 2 heterocycles. The Kier molecular flexibility index (Phi) is 7.09. The van der Waals surface area contributed by atoms with Crippen LogP contribution in [0.4, 0.5) is 5.69 Å². The first-order chi connectivity index (χ1) is 13.1. The van der Waals surface area contributed by atoms with Gasteiger partial charge in [-0.3, -0.25) is 0 Å². The number of benzene rings is 1. The molecule has 2 aromatic rings. The smallest absolute Gasteiger partial charge is 0.142 e. The Morgan fingerprint density at radius 1 is 1.15 bits per heavy atom. The van der Waals surface area contributed by atoms with Crippen molar-refractivity contribution in [1.29, 1.82) is 0 Å². The third kappa shape index (κ3) is 5.45. The summed E-state index contributed by atoms with van der Waals surface area (Å²) in [5, 5.41) is 20.5. The lowest BCUT2D eigenvalue weighted by Crippen LogP contribution is -2.35. The number of rotatable bonds is 2. The predicted molar refractivity (Wildman–Crippen MR) is 103 cm³/mol. The molecule has 0 spiro atoms. The summed E-state index contributed by atoms with van der Waals surface area (Å²) in [6.45, 7) is 2.53. The lowest BCUT2D eigenvalue weighted by Gasteiger charge is -2.29. The second-order valence-electron chi connectivity index (χ2n) is 6.94. The highest BCUT2D eigenvalue weighted by Gasteiger charge is 2.20. The fourth-order valence-corrected chi connectivity index (χ4v) is 3.14. The van der Waals surface area contributed by atoms with Crippen molar-refractivity contribution in [3.8, 4) is 5.75 Å². The van der Waals surface area contributed by atoms with Crippen molar-refractivity contribution in [1.82, 2.24) is 9.55 Å². The highest BCUT2D eigenvalue weighted by Crippen LogP contribution is 2.30. The summed E-state index contributed by atoms with van der Waals surface area (Å²) in [6, 6.07) is 7.95. The number of fused-ring (bicyclic) bond motifs is 1. The minimum atomic E-state index is -0.877. The van der Waals surface area contributed by atoms with Crippen LogP contribution >= 0.6 is 0 Å². The zero-order valence-electron chi connectivity index (χ0n) is 15.8. The zero-order valence-corrected chi connectivity index (χ0v) is 15.8. The first-order valence-corrected chi connectivity index (χ1v) is 9.51. The largest absolute Gasteiger partial charge is 0.491 e. The number of aliphatic hydroxyl groups excluding tert-OH is 2. The molecule has 0 fully saturated rings. The lowest BCUT2D eigenvalue weighted by atomic mass is 10.1. The Morgan fingerprint density at radius 3 is 2.78 bits per heavy atom. The molecule has 7 nitrogen and oxygen atoms in total. The van der Waals surface area contributed by atoms with Crippen LogP contribution in [0.25, 0.3) is 0 Å². The SMILES string of the molecule is Cn1cncc1CN1CC[C@H](O)[C@H](O)COCCCCOc2ccccc21. The van der Waals surface area contributed by atoms with Crippen molar-refractivity contribution in [2.75, 3.05) is 31.3 Å². The van der Waals surface area contributed by atoms with Crippen molar-refractivity contribution < 1.29 is 19.7 Å². The number of aliphatic hydroxyl groups is 2. The minimum absolute atomic E-state index is 0.153. The van der Waals surface area contributed by atoms with Gasteiger partial charge < -0.3 is 29.2 Å². The molecule has 0 amide bonds. The molecule has 3 rings (SSSR count). The zero-order chi connectivity index (χ0) is 19.1. The van der Waals surface area contributed by atoms with Gasteiger partial charge in [0.05, 0.1) is 43.6 Å². The lowest BCUT2D eigenvalue weighted by molar-refractivity contribution is -0.0405. The van der Waals surface area contributed by atoms with E-state index in [1.165, 1.54) is 0 Å². The van der Waals surface area contributed by atoms with Crippen LogP contribution in [0.15, 0.2) is 36.8 Å². The van der Waals surface area contributed by atoms with E-state index in [9.17, 15) is 10.2 Å². The standard InChI is InChI=1S/C20H29N3O4/c1-22-15-21-12-16(22)13-23-9-8-18(24)19(25)14-26-10-4-5-11-27-20-7-3-2-6-17(20)23/h2-3,6-7,12,15,18-19,24-25H,4-5,8-11,13-14H2,1H3/t18-,19+/m0/s1. The molecule has 7 heteroatoms. The van der Waals surface area contributed by atoms with E-state index in [0.29, 0.717) is 32.7 Å². The molecule has 2 N–H and O–H groups in total. The topological polar surface area (TPSA) is 80.0 Å². The molecule has 1 aromatic carbocycles. The first-order valence-electron chi connectivity index (χ1n) is 9.51. The minimum Gasteiger partial charge on any atom is -0.491 e. The molecule has 0 bridgehead atoms. The third-order valence-corrected chi connectivity index (χ3v) is 4.84. The van der Waals surface area contributed by atoms with E-state index in [4.69, 9.17) is 9.47 Å². The Hall–Kier alpha value is -2.09. The summed E-state index contributed by atoms with van der Waals surface area (Å²) in [6.07, 6.45) is 4.05. The van der Waals surface area contributed by atoms with Gasteiger partial charge in [0.15, 0.2) is 0 Å². The Bertz CT molecular complexity index is 706. The number of anilines is 1. The number of hydrogen-bond acceptors (Lipinski definition) is 6. The fraction of sp³-hybridized carbons (Fsp3) is 0.550. The molecule has 0 saturated heterocycles. The molecule has 1 aliphatic rings. The number of aryl methyl sites for hydroxylation is 1. The molecule has 27 heavy (non-hydrogen) atoms. The van der Waals surface area contributed by atoms with E-state index >= 15 is 0 Å². The van der Waals surface area contributed by atoms with Crippen LogP contribution < -0.4 is 9.64 Å². The number of ether oxygens (including phenoxy) is 2. The number of nitrogens with zero attached hydrogens (tertiary/aromatic N) is 3. The van der Waals surface area contributed by atoms with Gasteiger partial charge in [0.1, 0.15) is 11.9 Å². The van der Waals surface area contributed by atoms with E-state index in [2.05, 4.69) is 9.88 Å². The maximum atomic E-state index is 10.3. The molecule has 148 valence electrons. The van der Waals surface area contributed by atoms with Crippen molar-refractivity contribution in [2.24, 2.45) is 7.05 Å². The average Bonchev–Trinajstić information content (AvgIpc) is 3.08. The van der Waals surface area contributed by atoms with Gasteiger partial charge in [-0.05, 0) is 31.4 Å².